The Labute approximate surface area is 55.2 Å². The van der Waals surface area contributed by atoms with Crippen LogP contribution in [0.3, 0.4) is 0 Å². The lowest BCUT2D eigenvalue weighted by Crippen LogP contribution is -2.13. The smallest absolute Gasteiger partial charge is 0.314 e. The molecule has 0 heterocycles. The second-order valence-electron chi connectivity index (χ2n) is 1.37. The molecular weight excluding hydrogens is 120 g/mol. The summed E-state index contributed by atoms with van der Waals surface area (Å²) in [5.41, 5.74) is 0. The number of ether oxygens (including phenoxy) is 3. The van der Waals surface area contributed by atoms with Crippen molar-refractivity contribution in [3.8, 4) is 0 Å². The predicted molar refractivity (Wildman–Crippen MR) is 33.7 cm³/mol. The molecule has 0 bridgehead atoms. The first kappa shape index (κ1) is 8.46. The Kier molecular flexibility index (Phi) is 5.26. The van der Waals surface area contributed by atoms with Crippen molar-refractivity contribution in [3.05, 3.63) is 12.3 Å². The average Bonchev–Trinajstić information content (AvgIpc) is 1.91. The van der Waals surface area contributed by atoms with Crippen molar-refractivity contribution >= 4 is 0 Å². The molecule has 0 radical (unpaired) electrons. The molecule has 54 valence electrons. The van der Waals surface area contributed by atoms with Gasteiger partial charge in [0, 0.05) is 14.2 Å². The maximum Gasteiger partial charge on any atom is 0.314 e. The van der Waals surface area contributed by atoms with Gasteiger partial charge >= 0.3 is 6.48 Å². The summed E-state index contributed by atoms with van der Waals surface area (Å²) in [5.74, 6) is 0. The van der Waals surface area contributed by atoms with E-state index >= 15 is 0 Å². The third-order valence-electron chi connectivity index (χ3n) is 0.711. The second-order valence-corrected chi connectivity index (χ2v) is 1.37. The van der Waals surface area contributed by atoms with E-state index in [2.05, 4.69) is 0 Å². The van der Waals surface area contributed by atoms with Gasteiger partial charge in [0.2, 0.25) is 0 Å². The Bertz CT molecular complexity index is 76.4. The molecule has 0 rings (SSSR count). The van der Waals surface area contributed by atoms with E-state index in [9.17, 15) is 0 Å². The van der Waals surface area contributed by atoms with Crippen molar-refractivity contribution in [1.82, 2.24) is 0 Å². The van der Waals surface area contributed by atoms with Crippen molar-refractivity contribution in [3.63, 3.8) is 0 Å². The number of rotatable bonds is 4. The monoisotopic (exact) mass is 132 g/mol. The van der Waals surface area contributed by atoms with E-state index in [1.54, 1.807) is 6.08 Å². The first-order valence-electron chi connectivity index (χ1n) is 2.67. The summed E-state index contributed by atoms with van der Waals surface area (Å²) in [6.07, 6.45) is 3.27. The SMILES string of the molecule is CC=COC(OC)OC. The van der Waals surface area contributed by atoms with Crippen molar-refractivity contribution in [2.24, 2.45) is 0 Å². The highest BCUT2D eigenvalue weighted by atomic mass is 16.8. The molecule has 0 saturated carbocycles. The Morgan fingerprint density at radius 1 is 1.22 bits per heavy atom. The van der Waals surface area contributed by atoms with Gasteiger partial charge in [-0.15, -0.1) is 0 Å². The van der Waals surface area contributed by atoms with Crippen LogP contribution >= 0.6 is 0 Å². The van der Waals surface area contributed by atoms with Gasteiger partial charge in [0.15, 0.2) is 0 Å². The van der Waals surface area contributed by atoms with Gasteiger partial charge in [0.25, 0.3) is 0 Å². The lowest BCUT2D eigenvalue weighted by atomic mass is 10.7. The molecule has 0 aliphatic rings. The van der Waals surface area contributed by atoms with Gasteiger partial charge in [0.05, 0.1) is 6.26 Å². The molecule has 9 heavy (non-hydrogen) atoms. The summed E-state index contributed by atoms with van der Waals surface area (Å²) in [7, 11) is 3.02. The molecule has 0 aliphatic heterocycles. The average molecular weight is 132 g/mol. The van der Waals surface area contributed by atoms with Gasteiger partial charge in [-0.2, -0.15) is 0 Å². The van der Waals surface area contributed by atoms with Crippen molar-refractivity contribution in [2.75, 3.05) is 14.2 Å². The Morgan fingerprint density at radius 2 is 1.78 bits per heavy atom. The van der Waals surface area contributed by atoms with Crippen LogP contribution in [0.1, 0.15) is 6.92 Å². The van der Waals surface area contributed by atoms with Gasteiger partial charge in [0.1, 0.15) is 0 Å². The zero-order valence-corrected chi connectivity index (χ0v) is 5.96. The van der Waals surface area contributed by atoms with Gasteiger partial charge < -0.3 is 14.2 Å². The molecule has 0 aromatic heterocycles. The predicted octanol–water partition coefficient (Wildman–Crippen LogP) is 1.11. The van der Waals surface area contributed by atoms with Gasteiger partial charge in [-0.1, -0.05) is 6.08 Å². The zero-order chi connectivity index (χ0) is 7.11. The molecule has 0 aromatic rings. The highest BCUT2D eigenvalue weighted by molar-refractivity contribution is 4.64. The number of allylic oxidation sites excluding steroid dienone is 1. The van der Waals surface area contributed by atoms with Crippen LogP contribution in [-0.2, 0) is 14.2 Å². The summed E-state index contributed by atoms with van der Waals surface area (Å²) in [4.78, 5) is 0. The fraction of sp³-hybridized carbons (Fsp3) is 0.667. The van der Waals surface area contributed by atoms with Crippen molar-refractivity contribution < 1.29 is 14.2 Å². The maximum absolute atomic E-state index is 4.86. The summed E-state index contributed by atoms with van der Waals surface area (Å²) in [6, 6.07) is 0. The van der Waals surface area contributed by atoms with Gasteiger partial charge in [-0.3, -0.25) is 0 Å². The first-order valence-corrected chi connectivity index (χ1v) is 2.67. The van der Waals surface area contributed by atoms with E-state index in [0.29, 0.717) is 0 Å². The van der Waals surface area contributed by atoms with E-state index < -0.39 is 6.48 Å². The maximum atomic E-state index is 4.86. The molecule has 3 heteroatoms. The number of methoxy groups -OCH3 is 2. The van der Waals surface area contributed by atoms with Gasteiger partial charge in [-0.05, 0) is 6.92 Å². The van der Waals surface area contributed by atoms with Crippen LogP contribution in [0, 0.1) is 0 Å². The second kappa shape index (κ2) is 5.59. The minimum atomic E-state index is -0.582. The molecule has 0 amide bonds. The van der Waals surface area contributed by atoms with Gasteiger partial charge in [-0.25, -0.2) is 0 Å². The van der Waals surface area contributed by atoms with Crippen LogP contribution in [0.25, 0.3) is 0 Å². The summed E-state index contributed by atoms with van der Waals surface area (Å²) in [5, 5.41) is 0. The normalized spacial score (nSPS) is 11.1. The summed E-state index contributed by atoms with van der Waals surface area (Å²) in [6.45, 7) is 1.27. The molecule has 0 atom stereocenters. The third-order valence-corrected chi connectivity index (χ3v) is 0.711. The molecule has 0 aliphatic carbocycles. The molecule has 0 aromatic carbocycles. The Balaban J connectivity index is 3.31. The standard InChI is InChI=1S/C6H12O3/c1-4-5-9-6(7-2)8-3/h4-6H,1-3H3. The lowest BCUT2D eigenvalue weighted by Gasteiger charge is -2.10. The van der Waals surface area contributed by atoms with Crippen LogP contribution in [0.2, 0.25) is 0 Å². The largest absolute Gasteiger partial charge is 0.450 e. The lowest BCUT2D eigenvalue weighted by molar-refractivity contribution is -0.239. The minimum absolute atomic E-state index is 0.582. The van der Waals surface area contributed by atoms with E-state index in [1.165, 1.54) is 20.5 Å². The quantitative estimate of drug-likeness (QED) is 0.423. The topological polar surface area (TPSA) is 27.7 Å². The highest BCUT2D eigenvalue weighted by Gasteiger charge is 1.99. The molecular formula is C6H12O3. The van der Waals surface area contributed by atoms with E-state index in [4.69, 9.17) is 14.2 Å². The van der Waals surface area contributed by atoms with Crippen molar-refractivity contribution in [1.29, 1.82) is 0 Å². The number of hydrogen-bond acceptors (Lipinski definition) is 3. The molecule has 0 saturated heterocycles. The molecule has 0 spiro atoms. The van der Waals surface area contributed by atoms with E-state index in [0.717, 1.165) is 0 Å². The highest BCUT2D eigenvalue weighted by Crippen LogP contribution is 1.92. The van der Waals surface area contributed by atoms with E-state index in [1.807, 2.05) is 6.92 Å². The first-order chi connectivity index (χ1) is 4.35. The fourth-order valence-electron chi connectivity index (χ4n) is 0.350. The fourth-order valence-corrected chi connectivity index (χ4v) is 0.350. The van der Waals surface area contributed by atoms with Crippen LogP contribution in [0.15, 0.2) is 12.3 Å². The van der Waals surface area contributed by atoms with Crippen LogP contribution in [-0.4, -0.2) is 20.7 Å². The number of hydrogen-bond donors (Lipinski definition) is 0. The molecule has 0 unspecified atom stereocenters. The van der Waals surface area contributed by atoms with E-state index in [-0.39, 0.29) is 0 Å². The molecule has 0 N–H and O–H groups in total. The minimum Gasteiger partial charge on any atom is -0.450 e. The van der Waals surface area contributed by atoms with Crippen LogP contribution in [0.5, 0.6) is 0 Å². The molecule has 3 nitrogen and oxygen atoms in total. The molecule has 0 fully saturated rings. The summed E-state index contributed by atoms with van der Waals surface area (Å²) < 4.78 is 14.3. The Morgan fingerprint density at radius 3 is 2.11 bits per heavy atom. The van der Waals surface area contributed by atoms with Crippen molar-refractivity contribution in [2.45, 2.75) is 13.4 Å². The van der Waals surface area contributed by atoms with Crippen LogP contribution < -0.4 is 0 Å². The summed E-state index contributed by atoms with van der Waals surface area (Å²) >= 11 is 0. The third kappa shape index (κ3) is 4.00. The Hall–Kier alpha value is -0.540. The zero-order valence-electron chi connectivity index (χ0n) is 5.96. The van der Waals surface area contributed by atoms with Crippen LogP contribution in [0.4, 0.5) is 0 Å².